The fourth-order valence-corrected chi connectivity index (χ4v) is 3.41. The van der Waals surface area contributed by atoms with Crippen molar-refractivity contribution in [2.24, 2.45) is 5.92 Å². The van der Waals surface area contributed by atoms with Gasteiger partial charge in [-0.2, -0.15) is 0 Å². The van der Waals surface area contributed by atoms with E-state index in [9.17, 15) is 0 Å². The maximum Gasteiger partial charge on any atom is 0.0587 e. The minimum atomic E-state index is 0.660. The quantitative estimate of drug-likeness (QED) is 0.748. The first kappa shape index (κ1) is 11.4. The van der Waals surface area contributed by atoms with Crippen LogP contribution >= 0.6 is 15.9 Å². The highest BCUT2D eigenvalue weighted by Gasteiger charge is 2.26. The summed E-state index contributed by atoms with van der Waals surface area (Å²) in [4.78, 5) is 0. The Morgan fingerprint density at radius 2 is 1.94 bits per heavy atom. The molecule has 2 unspecified atom stereocenters. The van der Waals surface area contributed by atoms with Crippen molar-refractivity contribution in [1.82, 2.24) is 0 Å². The number of fused-ring (bicyclic) bond motifs is 2. The van der Waals surface area contributed by atoms with Crippen LogP contribution in [0.5, 0.6) is 0 Å². The molecule has 0 aromatic heterocycles. The summed E-state index contributed by atoms with van der Waals surface area (Å²) in [6, 6.07) is 7.13. The highest BCUT2D eigenvalue weighted by atomic mass is 79.9. The predicted molar refractivity (Wildman–Crippen MR) is 76.6 cm³/mol. The van der Waals surface area contributed by atoms with Crippen LogP contribution in [0, 0.1) is 5.92 Å². The van der Waals surface area contributed by atoms with Crippen molar-refractivity contribution >= 4 is 27.3 Å². The monoisotopic (exact) mass is 294 g/mol. The summed E-state index contributed by atoms with van der Waals surface area (Å²) in [5.74, 6) is 0.781. The Morgan fingerprint density at radius 3 is 2.88 bits per heavy atom. The number of nitrogens with one attached hydrogen (secondary N) is 2. The van der Waals surface area contributed by atoms with E-state index in [2.05, 4.69) is 44.8 Å². The summed E-state index contributed by atoms with van der Waals surface area (Å²) in [7, 11) is 0. The molecule has 3 rings (SSSR count). The van der Waals surface area contributed by atoms with Gasteiger partial charge in [0.25, 0.3) is 0 Å². The lowest BCUT2D eigenvalue weighted by atomic mass is 9.95. The molecule has 2 atom stereocenters. The Balaban J connectivity index is 1.87. The van der Waals surface area contributed by atoms with Gasteiger partial charge in [0.05, 0.1) is 11.4 Å². The summed E-state index contributed by atoms with van der Waals surface area (Å²) < 4.78 is 1.15. The zero-order valence-corrected chi connectivity index (χ0v) is 11.6. The molecule has 1 fully saturated rings. The molecule has 1 heterocycles. The third-order valence-electron chi connectivity index (χ3n) is 4.04. The van der Waals surface area contributed by atoms with Crippen molar-refractivity contribution < 1.29 is 0 Å². The normalized spacial score (nSPS) is 27.8. The zero-order valence-electron chi connectivity index (χ0n) is 10.0. The van der Waals surface area contributed by atoms with Crippen LogP contribution in [0.25, 0.3) is 0 Å². The van der Waals surface area contributed by atoms with Gasteiger partial charge in [-0.25, -0.2) is 0 Å². The molecule has 2 N–H and O–H groups in total. The number of benzene rings is 1. The van der Waals surface area contributed by atoms with Gasteiger partial charge >= 0.3 is 0 Å². The highest BCUT2D eigenvalue weighted by molar-refractivity contribution is 9.10. The van der Waals surface area contributed by atoms with Crippen LogP contribution in [0.3, 0.4) is 0 Å². The fraction of sp³-hybridized carbons (Fsp3) is 0.571. The van der Waals surface area contributed by atoms with Gasteiger partial charge < -0.3 is 10.6 Å². The summed E-state index contributed by atoms with van der Waals surface area (Å²) in [6.07, 6.45) is 6.86. The van der Waals surface area contributed by atoms with Gasteiger partial charge in [0.1, 0.15) is 0 Å². The third kappa shape index (κ3) is 2.44. The van der Waals surface area contributed by atoms with E-state index in [0.29, 0.717) is 6.04 Å². The summed E-state index contributed by atoms with van der Waals surface area (Å²) in [6.45, 7) is 1.11. The Hall–Kier alpha value is -0.700. The van der Waals surface area contributed by atoms with Crippen LogP contribution in [0.4, 0.5) is 11.4 Å². The number of hydrogen-bond acceptors (Lipinski definition) is 2. The van der Waals surface area contributed by atoms with E-state index in [1.807, 2.05) is 0 Å². The number of rotatable bonds is 0. The third-order valence-corrected chi connectivity index (χ3v) is 4.53. The van der Waals surface area contributed by atoms with Gasteiger partial charge in [0.2, 0.25) is 0 Å². The van der Waals surface area contributed by atoms with E-state index in [0.717, 1.165) is 16.9 Å². The van der Waals surface area contributed by atoms with Crippen molar-refractivity contribution in [2.75, 3.05) is 17.2 Å². The highest BCUT2D eigenvalue weighted by Crippen LogP contribution is 2.34. The first-order valence-corrected chi connectivity index (χ1v) is 7.42. The minimum Gasteiger partial charge on any atom is -0.383 e. The van der Waals surface area contributed by atoms with Gasteiger partial charge in [-0.05, 0) is 37.0 Å². The molecule has 1 aromatic carbocycles. The fourth-order valence-electron chi connectivity index (χ4n) is 3.05. The molecular weight excluding hydrogens is 276 g/mol. The SMILES string of the molecule is Brc1ccc2c(c1)NCC1CCCCCC1N2. The van der Waals surface area contributed by atoms with Crippen molar-refractivity contribution in [3.63, 3.8) is 0 Å². The lowest BCUT2D eigenvalue weighted by Gasteiger charge is -2.23. The molecule has 0 amide bonds. The largest absolute Gasteiger partial charge is 0.383 e. The van der Waals surface area contributed by atoms with Gasteiger partial charge in [-0.15, -0.1) is 0 Å². The average molecular weight is 295 g/mol. The number of anilines is 2. The van der Waals surface area contributed by atoms with E-state index in [-0.39, 0.29) is 0 Å². The lowest BCUT2D eigenvalue weighted by molar-refractivity contribution is 0.444. The van der Waals surface area contributed by atoms with Gasteiger partial charge in [0.15, 0.2) is 0 Å². The van der Waals surface area contributed by atoms with Crippen LogP contribution in [0.1, 0.15) is 32.1 Å². The average Bonchev–Trinajstić information content (AvgIpc) is 2.62. The molecular formula is C14H19BrN2. The maximum atomic E-state index is 3.75. The van der Waals surface area contributed by atoms with Crippen molar-refractivity contribution in [3.05, 3.63) is 22.7 Å². The summed E-state index contributed by atoms with van der Waals surface area (Å²) >= 11 is 3.54. The Labute approximate surface area is 111 Å². The molecule has 1 saturated carbocycles. The van der Waals surface area contributed by atoms with Crippen LogP contribution in [0.2, 0.25) is 0 Å². The van der Waals surface area contributed by atoms with Crippen molar-refractivity contribution in [2.45, 2.75) is 38.1 Å². The Bertz CT molecular complexity index is 405. The first-order chi connectivity index (χ1) is 8.33. The van der Waals surface area contributed by atoms with E-state index in [1.165, 1.54) is 43.5 Å². The predicted octanol–water partition coefficient (Wildman–Crippen LogP) is 4.24. The van der Waals surface area contributed by atoms with E-state index >= 15 is 0 Å². The molecule has 0 saturated heterocycles. The topological polar surface area (TPSA) is 24.1 Å². The Morgan fingerprint density at radius 1 is 1.06 bits per heavy atom. The molecule has 0 spiro atoms. The molecule has 17 heavy (non-hydrogen) atoms. The van der Waals surface area contributed by atoms with E-state index in [4.69, 9.17) is 0 Å². The first-order valence-electron chi connectivity index (χ1n) is 6.63. The molecule has 0 radical (unpaired) electrons. The molecule has 3 heteroatoms. The van der Waals surface area contributed by atoms with Crippen LogP contribution in [-0.2, 0) is 0 Å². The number of halogens is 1. The van der Waals surface area contributed by atoms with E-state index < -0.39 is 0 Å². The van der Waals surface area contributed by atoms with Crippen LogP contribution < -0.4 is 10.6 Å². The zero-order chi connectivity index (χ0) is 11.7. The van der Waals surface area contributed by atoms with Gasteiger partial charge in [-0.3, -0.25) is 0 Å². The minimum absolute atomic E-state index is 0.660. The molecule has 1 aliphatic carbocycles. The lowest BCUT2D eigenvalue weighted by Crippen LogP contribution is -2.30. The van der Waals surface area contributed by atoms with E-state index in [1.54, 1.807) is 0 Å². The summed E-state index contributed by atoms with van der Waals surface area (Å²) in [5, 5.41) is 7.35. The van der Waals surface area contributed by atoms with Gasteiger partial charge in [-0.1, -0.05) is 35.2 Å². The standard InChI is InChI=1S/C14H19BrN2/c15-11-6-7-13-14(8-11)16-9-10-4-2-1-3-5-12(10)17-13/h6-8,10,12,16-17H,1-5,9H2. The second-order valence-electron chi connectivity index (χ2n) is 5.22. The van der Waals surface area contributed by atoms with Crippen LogP contribution in [0.15, 0.2) is 22.7 Å². The molecule has 92 valence electrons. The molecule has 2 nitrogen and oxygen atoms in total. The van der Waals surface area contributed by atoms with Crippen LogP contribution in [-0.4, -0.2) is 12.6 Å². The summed E-state index contributed by atoms with van der Waals surface area (Å²) in [5.41, 5.74) is 2.51. The van der Waals surface area contributed by atoms with Crippen molar-refractivity contribution in [1.29, 1.82) is 0 Å². The maximum absolute atomic E-state index is 3.75. The molecule has 0 bridgehead atoms. The molecule has 1 aliphatic heterocycles. The molecule has 2 aliphatic rings. The second-order valence-corrected chi connectivity index (χ2v) is 6.14. The number of hydrogen-bond donors (Lipinski definition) is 2. The van der Waals surface area contributed by atoms with Gasteiger partial charge in [0, 0.05) is 17.1 Å². The molecule has 1 aromatic rings. The smallest absolute Gasteiger partial charge is 0.0587 e. The van der Waals surface area contributed by atoms with Crippen molar-refractivity contribution in [3.8, 4) is 0 Å². The second kappa shape index (κ2) is 4.89. The Kier molecular flexibility index (Phi) is 3.28.